The number of nitrogens with two attached hydrogens (primary N) is 1. The Morgan fingerprint density at radius 2 is 1.84 bits per heavy atom. The molecule has 1 aliphatic heterocycles. The Balaban J connectivity index is 0.000000269. The molecule has 0 aromatic heterocycles. The van der Waals surface area contributed by atoms with Crippen LogP contribution in [0.5, 0.6) is 0 Å². The first-order valence-electron chi connectivity index (χ1n) is 9.06. The lowest BCUT2D eigenvalue weighted by Crippen LogP contribution is -2.40. The van der Waals surface area contributed by atoms with E-state index in [1.54, 1.807) is 0 Å². The van der Waals surface area contributed by atoms with Gasteiger partial charge in [-0.2, -0.15) is 0 Å². The number of benzene rings is 1. The van der Waals surface area contributed by atoms with Crippen molar-refractivity contribution < 1.29 is 9.59 Å². The third-order valence-electron chi connectivity index (χ3n) is 4.89. The molecule has 138 valence electrons. The zero-order valence-corrected chi connectivity index (χ0v) is 15.4. The molecular weight excluding hydrogens is 338 g/mol. The second kappa shape index (κ2) is 10.4. The van der Waals surface area contributed by atoms with Crippen molar-refractivity contribution in [3.8, 4) is 0 Å². The smallest absolute Gasteiger partial charge is 0.225 e. The summed E-state index contributed by atoms with van der Waals surface area (Å²) in [7, 11) is 0. The predicted octanol–water partition coefficient (Wildman–Crippen LogP) is 2.44. The lowest BCUT2D eigenvalue weighted by Gasteiger charge is -2.31. The molecular formula is C19H28ClN3O2. The highest BCUT2D eigenvalue weighted by Crippen LogP contribution is 2.29. The Hall–Kier alpha value is -1.59. The highest BCUT2D eigenvalue weighted by molar-refractivity contribution is 6.30. The average Bonchev–Trinajstić information content (AvgIpc) is 2.87. The molecule has 0 bridgehead atoms. The summed E-state index contributed by atoms with van der Waals surface area (Å²) < 4.78 is 0. The molecule has 2 aliphatic rings. The molecule has 1 saturated carbocycles. The number of nitrogens with zero attached hydrogens (tertiary/aromatic N) is 1. The maximum Gasteiger partial charge on any atom is 0.225 e. The number of amides is 2. The second-order valence-corrected chi connectivity index (χ2v) is 7.11. The topological polar surface area (TPSA) is 75.4 Å². The number of hydrogen-bond donors (Lipinski definition) is 2. The predicted molar refractivity (Wildman–Crippen MR) is 100 cm³/mol. The fourth-order valence-corrected chi connectivity index (χ4v) is 3.45. The van der Waals surface area contributed by atoms with E-state index in [4.69, 9.17) is 17.3 Å². The van der Waals surface area contributed by atoms with Crippen molar-refractivity contribution in [2.45, 2.75) is 32.1 Å². The highest BCUT2D eigenvalue weighted by Gasteiger charge is 2.29. The van der Waals surface area contributed by atoms with Gasteiger partial charge in [-0.3, -0.25) is 9.59 Å². The molecule has 0 atom stereocenters. The number of hydrogen-bond acceptors (Lipinski definition) is 3. The summed E-state index contributed by atoms with van der Waals surface area (Å²) in [4.78, 5) is 25.5. The number of rotatable bonds is 2. The van der Waals surface area contributed by atoms with Crippen molar-refractivity contribution in [3.63, 3.8) is 0 Å². The molecule has 1 aliphatic carbocycles. The summed E-state index contributed by atoms with van der Waals surface area (Å²) >= 11 is 5.54. The van der Waals surface area contributed by atoms with E-state index in [9.17, 15) is 9.59 Å². The first-order chi connectivity index (χ1) is 12.1. The first-order valence-corrected chi connectivity index (χ1v) is 9.44. The normalized spacial score (nSPS) is 23.8. The summed E-state index contributed by atoms with van der Waals surface area (Å²) in [5, 5.41) is 3.59. The van der Waals surface area contributed by atoms with Crippen molar-refractivity contribution in [1.82, 2.24) is 10.2 Å². The Kier molecular flexibility index (Phi) is 8.22. The Morgan fingerprint density at radius 3 is 2.40 bits per heavy atom. The van der Waals surface area contributed by atoms with Crippen LogP contribution in [0.4, 0.5) is 0 Å². The van der Waals surface area contributed by atoms with Crippen LogP contribution in [-0.4, -0.2) is 42.9 Å². The van der Waals surface area contributed by atoms with Crippen LogP contribution in [0, 0.1) is 11.8 Å². The van der Waals surface area contributed by atoms with Crippen molar-refractivity contribution in [2.75, 3.05) is 26.2 Å². The first kappa shape index (κ1) is 19.7. The highest BCUT2D eigenvalue weighted by atomic mass is 35.5. The Morgan fingerprint density at radius 1 is 1.16 bits per heavy atom. The maximum absolute atomic E-state index is 12.4. The van der Waals surface area contributed by atoms with Crippen LogP contribution in [0.15, 0.2) is 30.3 Å². The van der Waals surface area contributed by atoms with Gasteiger partial charge in [-0.25, -0.2) is 0 Å². The monoisotopic (exact) mass is 365 g/mol. The van der Waals surface area contributed by atoms with Crippen molar-refractivity contribution in [1.29, 1.82) is 0 Å². The summed E-state index contributed by atoms with van der Waals surface area (Å²) in [6.45, 7) is 2.55. The third kappa shape index (κ3) is 6.67. The fraction of sp³-hybridized carbons (Fsp3) is 0.579. The van der Waals surface area contributed by atoms with Gasteiger partial charge in [-0.15, -0.1) is 0 Å². The van der Waals surface area contributed by atoms with Gasteiger partial charge in [0, 0.05) is 37.0 Å². The lowest BCUT2D eigenvalue weighted by atomic mass is 9.81. The minimum atomic E-state index is 0.0529. The molecule has 1 aromatic rings. The molecule has 2 fully saturated rings. The summed E-state index contributed by atoms with van der Waals surface area (Å²) in [6.07, 6.45) is 4.48. The van der Waals surface area contributed by atoms with Crippen molar-refractivity contribution in [3.05, 3.63) is 35.4 Å². The summed E-state index contributed by atoms with van der Waals surface area (Å²) in [5.41, 5.74) is 5.66. The number of halogens is 1. The average molecular weight is 366 g/mol. The summed E-state index contributed by atoms with van der Waals surface area (Å²) in [5.74, 6) is 1.04. The molecule has 3 rings (SSSR count). The van der Waals surface area contributed by atoms with Gasteiger partial charge < -0.3 is 16.0 Å². The summed E-state index contributed by atoms with van der Waals surface area (Å²) in [6, 6.07) is 9.44. The van der Waals surface area contributed by atoms with Crippen LogP contribution in [0.1, 0.15) is 32.1 Å². The SMILES string of the molecule is Clc1ccccc1.NCC1CCC(C(=O)N2CCNC(=O)CC2)CC1. The van der Waals surface area contributed by atoms with Crippen LogP contribution in [0.25, 0.3) is 0 Å². The lowest BCUT2D eigenvalue weighted by molar-refractivity contribution is -0.136. The van der Waals surface area contributed by atoms with Gasteiger partial charge in [-0.1, -0.05) is 29.8 Å². The largest absolute Gasteiger partial charge is 0.354 e. The number of carbonyl (C=O) groups excluding carboxylic acids is 2. The minimum absolute atomic E-state index is 0.0529. The van der Waals surface area contributed by atoms with E-state index in [1.165, 1.54) is 0 Å². The number of nitrogens with one attached hydrogen (secondary N) is 1. The molecule has 1 aromatic carbocycles. The zero-order chi connectivity index (χ0) is 18.1. The molecule has 1 saturated heterocycles. The standard InChI is InChI=1S/C13H23N3O2.C6H5Cl/c14-9-10-1-3-11(4-2-10)13(18)16-7-5-12(17)15-6-8-16;7-6-4-2-1-3-5-6/h10-11H,1-9,14H2,(H,15,17);1-5H. The van der Waals surface area contributed by atoms with Gasteiger partial charge in [0.1, 0.15) is 0 Å². The van der Waals surface area contributed by atoms with Crippen LogP contribution in [-0.2, 0) is 9.59 Å². The molecule has 2 amide bonds. The molecule has 25 heavy (non-hydrogen) atoms. The minimum Gasteiger partial charge on any atom is -0.354 e. The van der Waals surface area contributed by atoms with Gasteiger partial charge >= 0.3 is 0 Å². The second-order valence-electron chi connectivity index (χ2n) is 6.67. The van der Waals surface area contributed by atoms with Gasteiger partial charge in [-0.05, 0) is 50.3 Å². The van der Waals surface area contributed by atoms with E-state index >= 15 is 0 Å². The van der Waals surface area contributed by atoms with E-state index in [-0.39, 0.29) is 17.7 Å². The Labute approximate surface area is 154 Å². The van der Waals surface area contributed by atoms with Crippen molar-refractivity contribution in [2.24, 2.45) is 17.6 Å². The van der Waals surface area contributed by atoms with Crippen LogP contribution in [0.3, 0.4) is 0 Å². The van der Waals surface area contributed by atoms with Gasteiger partial charge in [0.25, 0.3) is 0 Å². The van der Waals surface area contributed by atoms with E-state index in [0.717, 1.165) is 37.3 Å². The Bertz CT molecular complexity index is 545. The van der Waals surface area contributed by atoms with E-state index in [0.29, 0.717) is 32.0 Å². The van der Waals surface area contributed by atoms with Crippen LogP contribution < -0.4 is 11.1 Å². The van der Waals surface area contributed by atoms with Crippen molar-refractivity contribution >= 4 is 23.4 Å². The number of carbonyl (C=O) groups is 2. The zero-order valence-electron chi connectivity index (χ0n) is 14.6. The van der Waals surface area contributed by atoms with E-state index in [1.807, 2.05) is 35.2 Å². The fourth-order valence-electron chi connectivity index (χ4n) is 3.31. The third-order valence-corrected chi connectivity index (χ3v) is 5.14. The molecule has 0 spiro atoms. The quantitative estimate of drug-likeness (QED) is 0.845. The molecule has 3 N–H and O–H groups in total. The molecule has 5 nitrogen and oxygen atoms in total. The molecule has 6 heteroatoms. The molecule has 0 radical (unpaired) electrons. The van der Waals surface area contributed by atoms with E-state index < -0.39 is 0 Å². The molecule has 1 heterocycles. The van der Waals surface area contributed by atoms with Crippen LogP contribution in [0.2, 0.25) is 5.02 Å². The van der Waals surface area contributed by atoms with Gasteiger partial charge in [0.05, 0.1) is 0 Å². The van der Waals surface area contributed by atoms with Gasteiger partial charge in [0.2, 0.25) is 11.8 Å². The van der Waals surface area contributed by atoms with Crippen LogP contribution >= 0.6 is 11.6 Å². The van der Waals surface area contributed by atoms with Gasteiger partial charge in [0.15, 0.2) is 0 Å². The molecule has 0 unspecified atom stereocenters. The van der Waals surface area contributed by atoms with E-state index in [2.05, 4.69) is 5.32 Å². The maximum atomic E-state index is 12.4.